The van der Waals surface area contributed by atoms with Crippen molar-refractivity contribution in [1.29, 1.82) is 0 Å². The third-order valence-corrected chi connectivity index (χ3v) is 5.18. The summed E-state index contributed by atoms with van der Waals surface area (Å²) < 4.78 is 0. The zero-order chi connectivity index (χ0) is 18.8. The van der Waals surface area contributed by atoms with E-state index in [0.717, 1.165) is 48.1 Å². The molecule has 4 rings (SSSR count). The lowest BCUT2D eigenvalue weighted by Gasteiger charge is -2.23. The molecule has 1 aliphatic carbocycles. The van der Waals surface area contributed by atoms with E-state index in [1.54, 1.807) is 0 Å². The summed E-state index contributed by atoms with van der Waals surface area (Å²) in [5.74, 6) is 0.0858. The molecule has 1 fully saturated rings. The van der Waals surface area contributed by atoms with Gasteiger partial charge in [0.2, 0.25) is 0 Å². The zero-order valence-corrected chi connectivity index (χ0v) is 16.0. The molecule has 0 atom stereocenters. The molecule has 1 saturated carbocycles. The summed E-state index contributed by atoms with van der Waals surface area (Å²) in [6, 6.07) is 16.3. The molecule has 4 heteroatoms. The molecule has 1 aliphatic rings. The van der Waals surface area contributed by atoms with Gasteiger partial charge >= 0.3 is 0 Å². The van der Waals surface area contributed by atoms with Crippen LogP contribution in [0.15, 0.2) is 48.5 Å². The van der Waals surface area contributed by atoms with Crippen LogP contribution in [-0.2, 0) is 19.4 Å². The van der Waals surface area contributed by atoms with Crippen molar-refractivity contribution in [3.8, 4) is 0 Å². The minimum Gasteiger partial charge on any atom is -0.331 e. The fourth-order valence-electron chi connectivity index (χ4n) is 3.53. The summed E-state index contributed by atoms with van der Waals surface area (Å²) in [4.78, 5) is 24.8. The number of fused-ring (bicyclic) bond motifs is 1. The van der Waals surface area contributed by atoms with E-state index in [9.17, 15) is 4.79 Å². The summed E-state index contributed by atoms with van der Waals surface area (Å²) >= 11 is 0. The highest BCUT2D eigenvalue weighted by molar-refractivity contribution is 5.97. The summed E-state index contributed by atoms with van der Waals surface area (Å²) in [6.07, 6.45) is 3.91. The van der Waals surface area contributed by atoms with Crippen molar-refractivity contribution in [2.45, 2.75) is 52.1 Å². The number of amides is 1. The average molecular weight is 359 g/mol. The Morgan fingerprint density at radius 3 is 2.26 bits per heavy atom. The van der Waals surface area contributed by atoms with Gasteiger partial charge in [-0.2, -0.15) is 0 Å². The highest BCUT2D eigenvalue weighted by atomic mass is 16.2. The molecule has 3 aromatic rings. The van der Waals surface area contributed by atoms with Crippen LogP contribution in [0.3, 0.4) is 0 Å². The van der Waals surface area contributed by atoms with Crippen LogP contribution >= 0.6 is 0 Å². The Morgan fingerprint density at radius 2 is 1.63 bits per heavy atom. The van der Waals surface area contributed by atoms with E-state index < -0.39 is 0 Å². The lowest BCUT2D eigenvalue weighted by molar-refractivity contribution is 0.0730. The maximum atomic E-state index is 13.2. The summed E-state index contributed by atoms with van der Waals surface area (Å²) in [5.41, 5.74) is 5.61. The first kappa shape index (κ1) is 17.7. The van der Waals surface area contributed by atoms with Gasteiger partial charge in [0, 0.05) is 18.2 Å². The molecule has 4 nitrogen and oxygen atoms in total. The van der Waals surface area contributed by atoms with Gasteiger partial charge in [0.1, 0.15) is 0 Å². The Labute approximate surface area is 160 Å². The highest BCUT2D eigenvalue weighted by Crippen LogP contribution is 2.30. The first-order valence-electron chi connectivity index (χ1n) is 9.84. The van der Waals surface area contributed by atoms with Crippen LogP contribution in [0.2, 0.25) is 0 Å². The number of carbonyl (C=O) groups excluding carboxylic acids is 1. The largest absolute Gasteiger partial charge is 0.331 e. The van der Waals surface area contributed by atoms with E-state index in [0.29, 0.717) is 18.2 Å². The second kappa shape index (κ2) is 7.47. The van der Waals surface area contributed by atoms with Gasteiger partial charge in [-0.1, -0.05) is 44.2 Å². The first-order valence-corrected chi connectivity index (χ1v) is 9.84. The van der Waals surface area contributed by atoms with Crippen LogP contribution in [0.1, 0.15) is 54.0 Å². The molecule has 2 aromatic carbocycles. The fraction of sp³-hybridized carbons (Fsp3) is 0.348. The monoisotopic (exact) mass is 359 g/mol. The molecule has 0 unspecified atom stereocenters. The number of carbonyl (C=O) groups is 1. The van der Waals surface area contributed by atoms with Gasteiger partial charge in [-0.05, 0) is 49.4 Å². The normalized spacial score (nSPS) is 13.7. The number of aromatic nitrogens is 2. The molecule has 0 aliphatic heterocycles. The van der Waals surface area contributed by atoms with E-state index in [1.807, 2.05) is 41.3 Å². The summed E-state index contributed by atoms with van der Waals surface area (Å²) in [7, 11) is 0. The van der Waals surface area contributed by atoms with Crippen molar-refractivity contribution in [3.63, 3.8) is 0 Å². The Morgan fingerprint density at radius 1 is 0.963 bits per heavy atom. The maximum absolute atomic E-state index is 13.2. The van der Waals surface area contributed by atoms with Crippen LogP contribution in [-0.4, -0.2) is 26.8 Å². The van der Waals surface area contributed by atoms with Gasteiger partial charge in [0.05, 0.1) is 22.4 Å². The summed E-state index contributed by atoms with van der Waals surface area (Å²) in [6.45, 7) is 4.85. The second-order valence-corrected chi connectivity index (χ2v) is 7.18. The number of aryl methyl sites for hydroxylation is 2. The number of nitrogens with zero attached hydrogens (tertiary/aromatic N) is 3. The number of benzene rings is 2. The number of hydrogen-bond donors (Lipinski definition) is 0. The van der Waals surface area contributed by atoms with Gasteiger partial charge in [0.25, 0.3) is 5.91 Å². The van der Waals surface area contributed by atoms with E-state index in [2.05, 4.69) is 26.0 Å². The van der Waals surface area contributed by atoms with Crippen LogP contribution in [0, 0.1) is 0 Å². The van der Waals surface area contributed by atoms with Gasteiger partial charge in [0.15, 0.2) is 0 Å². The smallest absolute Gasteiger partial charge is 0.254 e. The Balaban J connectivity index is 1.66. The minimum atomic E-state index is 0.0858. The van der Waals surface area contributed by atoms with E-state index in [-0.39, 0.29) is 5.91 Å². The highest BCUT2D eigenvalue weighted by Gasteiger charge is 2.33. The van der Waals surface area contributed by atoms with E-state index in [4.69, 9.17) is 9.97 Å². The molecular formula is C23H25N3O. The Hall–Kier alpha value is -2.75. The maximum Gasteiger partial charge on any atom is 0.254 e. The SMILES string of the molecule is CCc1nc2ccc(C(=O)N(Cc3ccccc3)C3CC3)cc2nc1CC. The standard InChI is InChI=1S/C23H25N3O/c1-3-19-20(4-2)25-22-14-17(10-13-21(22)24-19)23(27)26(18-11-12-18)15-16-8-6-5-7-9-16/h5-10,13-14,18H,3-4,11-12,15H2,1-2H3. The average Bonchev–Trinajstić information content (AvgIpc) is 3.56. The Bertz CT molecular complexity index is 964. The van der Waals surface area contributed by atoms with Crippen molar-refractivity contribution in [3.05, 3.63) is 71.0 Å². The third-order valence-electron chi connectivity index (χ3n) is 5.18. The third kappa shape index (κ3) is 3.70. The first-order chi connectivity index (χ1) is 13.2. The molecule has 0 spiro atoms. The predicted octanol–water partition coefficient (Wildman–Crippen LogP) is 4.56. The molecule has 0 saturated heterocycles. The lowest BCUT2D eigenvalue weighted by Crippen LogP contribution is -2.32. The molecule has 138 valence electrons. The number of rotatable bonds is 6. The van der Waals surface area contributed by atoms with Crippen LogP contribution < -0.4 is 0 Å². The van der Waals surface area contributed by atoms with Crippen molar-refractivity contribution in [2.75, 3.05) is 0 Å². The van der Waals surface area contributed by atoms with Crippen LogP contribution in [0.4, 0.5) is 0 Å². The lowest BCUT2D eigenvalue weighted by atomic mass is 10.1. The summed E-state index contributed by atoms with van der Waals surface area (Å²) in [5, 5.41) is 0. The molecule has 0 bridgehead atoms. The molecular weight excluding hydrogens is 334 g/mol. The Kier molecular flexibility index (Phi) is 4.88. The van der Waals surface area contributed by atoms with Crippen molar-refractivity contribution < 1.29 is 4.79 Å². The molecule has 1 heterocycles. The van der Waals surface area contributed by atoms with Crippen LogP contribution in [0.25, 0.3) is 11.0 Å². The minimum absolute atomic E-state index is 0.0858. The van der Waals surface area contributed by atoms with Gasteiger partial charge in [-0.3, -0.25) is 4.79 Å². The second-order valence-electron chi connectivity index (χ2n) is 7.18. The fourth-order valence-corrected chi connectivity index (χ4v) is 3.53. The molecule has 1 amide bonds. The molecule has 1 aromatic heterocycles. The van der Waals surface area contributed by atoms with Crippen molar-refractivity contribution in [1.82, 2.24) is 14.9 Å². The number of hydrogen-bond acceptors (Lipinski definition) is 3. The van der Waals surface area contributed by atoms with E-state index in [1.165, 1.54) is 5.56 Å². The topological polar surface area (TPSA) is 46.1 Å². The molecule has 0 radical (unpaired) electrons. The molecule has 27 heavy (non-hydrogen) atoms. The van der Waals surface area contributed by atoms with Gasteiger partial charge in [-0.15, -0.1) is 0 Å². The zero-order valence-electron chi connectivity index (χ0n) is 16.0. The van der Waals surface area contributed by atoms with E-state index >= 15 is 0 Å². The predicted molar refractivity (Wildman–Crippen MR) is 108 cm³/mol. The molecule has 0 N–H and O–H groups in total. The van der Waals surface area contributed by atoms with Gasteiger partial charge in [-0.25, -0.2) is 9.97 Å². The van der Waals surface area contributed by atoms with Crippen molar-refractivity contribution in [2.24, 2.45) is 0 Å². The van der Waals surface area contributed by atoms with Gasteiger partial charge < -0.3 is 4.90 Å². The van der Waals surface area contributed by atoms with Crippen LogP contribution in [0.5, 0.6) is 0 Å². The van der Waals surface area contributed by atoms with Crippen molar-refractivity contribution >= 4 is 16.9 Å². The quantitative estimate of drug-likeness (QED) is 0.648.